The molecule has 3 aliphatic rings. The Bertz CT molecular complexity index is 415. The summed E-state index contributed by atoms with van der Waals surface area (Å²) in [6.07, 6.45) is 8.16. The maximum Gasteiger partial charge on any atom is 0.246 e. The summed E-state index contributed by atoms with van der Waals surface area (Å²) >= 11 is 0. The number of amides is 2. The van der Waals surface area contributed by atoms with Crippen LogP contribution in [0, 0.1) is 11.8 Å². The highest BCUT2D eigenvalue weighted by molar-refractivity contribution is 5.97. The Kier molecular flexibility index (Phi) is 4.23. The molecule has 21 heavy (non-hydrogen) atoms. The lowest BCUT2D eigenvalue weighted by atomic mass is 9.87. The van der Waals surface area contributed by atoms with Crippen LogP contribution in [0.25, 0.3) is 0 Å². The van der Waals surface area contributed by atoms with Crippen molar-refractivity contribution in [2.45, 2.75) is 70.9 Å². The lowest BCUT2D eigenvalue weighted by molar-refractivity contribution is -0.162. The van der Waals surface area contributed by atoms with E-state index in [1.165, 1.54) is 32.1 Å². The number of hydrogen-bond donors (Lipinski definition) is 0. The van der Waals surface area contributed by atoms with Crippen molar-refractivity contribution in [1.82, 2.24) is 9.80 Å². The summed E-state index contributed by atoms with van der Waals surface area (Å²) < 4.78 is 0. The van der Waals surface area contributed by atoms with Gasteiger partial charge in [0.2, 0.25) is 11.8 Å². The summed E-state index contributed by atoms with van der Waals surface area (Å²) in [5.41, 5.74) is 0. The molecule has 118 valence electrons. The third-order valence-electron chi connectivity index (χ3n) is 5.50. The van der Waals surface area contributed by atoms with E-state index in [0.29, 0.717) is 5.92 Å². The van der Waals surface area contributed by atoms with Crippen LogP contribution >= 0.6 is 0 Å². The minimum absolute atomic E-state index is 0.156. The molecular formula is C17H28N2O2. The first kappa shape index (κ1) is 14.9. The fraction of sp³-hybridized carbons (Fsp3) is 0.882. The van der Waals surface area contributed by atoms with E-state index in [0.717, 1.165) is 25.9 Å². The van der Waals surface area contributed by atoms with Gasteiger partial charge < -0.3 is 9.80 Å². The molecule has 0 spiro atoms. The first-order valence-corrected chi connectivity index (χ1v) is 8.70. The zero-order valence-corrected chi connectivity index (χ0v) is 13.4. The maximum atomic E-state index is 12.9. The van der Waals surface area contributed by atoms with Crippen molar-refractivity contribution in [1.29, 1.82) is 0 Å². The molecule has 0 aromatic rings. The number of piperazine rings is 1. The maximum absolute atomic E-state index is 12.9. The standard InChI is InChI=1S/C17H28N2O2/c1-12(2)15-17(21)18-10-6-9-14(18)16(20)19(15)11-13-7-4-3-5-8-13/h12-15H,3-11H2,1-2H3. The van der Waals surface area contributed by atoms with Gasteiger partial charge in [-0.2, -0.15) is 0 Å². The summed E-state index contributed by atoms with van der Waals surface area (Å²) in [6.45, 7) is 5.72. The second-order valence-electron chi connectivity index (χ2n) is 7.37. The van der Waals surface area contributed by atoms with Gasteiger partial charge in [-0.15, -0.1) is 0 Å². The van der Waals surface area contributed by atoms with Crippen molar-refractivity contribution in [2.75, 3.05) is 13.1 Å². The van der Waals surface area contributed by atoms with Crippen LogP contribution in [0.2, 0.25) is 0 Å². The number of rotatable bonds is 3. The molecule has 2 saturated heterocycles. The van der Waals surface area contributed by atoms with Crippen molar-refractivity contribution >= 4 is 11.8 Å². The molecule has 2 heterocycles. The smallest absolute Gasteiger partial charge is 0.246 e. The quantitative estimate of drug-likeness (QED) is 0.801. The average molecular weight is 292 g/mol. The number of hydrogen-bond acceptors (Lipinski definition) is 2. The lowest BCUT2D eigenvalue weighted by Gasteiger charge is -2.45. The SMILES string of the molecule is CC(C)C1C(=O)N2CCCC2C(=O)N1CC1CCCCC1. The molecule has 2 unspecified atom stereocenters. The van der Waals surface area contributed by atoms with Gasteiger partial charge in [0.05, 0.1) is 0 Å². The molecule has 4 heteroatoms. The van der Waals surface area contributed by atoms with Crippen LogP contribution in [0.4, 0.5) is 0 Å². The third kappa shape index (κ3) is 2.69. The van der Waals surface area contributed by atoms with Gasteiger partial charge >= 0.3 is 0 Å². The number of fused-ring (bicyclic) bond motifs is 1. The summed E-state index contributed by atoms with van der Waals surface area (Å²) in [6, 6.07) is -0.384. The minimum Gasteiger partial charge on any atom is -0.329 e. The molecule has 2 amide bonds. The van der Waals surface area contributed by atoms with E-state index in [1.807, 2.05) is 9.80 Å². The summed E-state index contributed by atoms with van der Waals surface area (Å²) in [5.74, 6) is 1.22. The van der Waals surface area contributed by atoms with Gasteiger partial charge in [-0.3, -0.25) is 9.59 Å². The molecule has 1 saturated carbocycles. The number of nitrogens with zero attached hydrogens (tertiary/aromatic N) is 2. The predicted octanol–water partition coefficient (Wildman–Crippen LogP) is 2.42. The molecular weight excluding hydrogens is 264 g/mol. The van der Waals surface area contributed by atoms with Crippen molar-refractivity contribution in [3.8, 4) is 0 Å². The molecule has 0 bridgehead atoms. The van der Waals surface area contributed by atoms with Gasteiger partial charge in [0.1, 0.15) is 12.1 Å². The van der Waals surface area contributed by atoms with Gasteiger partial charge in [-0.25, -0.2) is 0 Å². The number of carbonyl (C=O) groups excluding carboxylic acids is 2. The molecule has 2 atom stereocenters. The molecule has 0 radical (unpaired) electrons. The van der Waals surface area contributed by atoms with Crippen molar-refractivity contribution in [3.63, 3.8) is 0 Å². The van der Waals surface area contributed by atoms with Gasteiger partial charge in [0, 0.05) is 13.1 Å². The highest BCUT2D eigenvalue weighted by Gasteiger charge is 2.48. The highest BCUT2D eigenvalue weighted by atomic mass is 16.2. The van der Waals surface area contributed by atoms with E-state index in [9.17, 15) is 9.59 Å². The van der Waals surface area contributed by atoms with Gasteiger partial charge in [-0.05, 0) is 37.5 Å². The highest BCUT2D eigenvalue weighted by Crippen LogP contribution is 2.32. The molecule has 0 aromatic carbocycles. The van der Waals surface area contributed by atoms with E-state index in [1.54, 1.807) is 0 Å². The Hall–Kier alpha value is -1.06. The summed E-state index contributed by atoms with van der Waals surface area (Å²) in [7, 11) is 0. The van der Waals surface area contributed by atoms with E-state index >= 15 is 0 Å². The van der Waals surface area contributed by atoms with Crippen molar-refractivity contribution in [3.05, 3.63) is 0 Å². The van der Waals surface area contributed by atoms with E-state index in [-0.39, 0.29) is 29.8 Å². The lowest BCUT2D eigenvalue weighted by Crippen LogP contribution is -2.65. The Balaban J connectivity index is 1.80. The van der Waals surface area contributed by atoms with E-state index in [4.69, 9.17) is 0 Å². The minimum atomic E-state index is -0.228. The zero-order chi connectivity index (χ0) is 15.0. The number of carbonyl (C=O) groups is 2. The zero-order valence-electron chi connectivity index (χ0n) is 13.4. The monoisotopic (exact) mass is 292 g/mol. The second-order valence-corrected chi connectivity index (χ2v) is 7.37. The molecule has 0 N–H and O–H groups in total. The van der Waals surface area contributed by atoms with E-state index < -0.39 is 0 Å². The first-order valence-electron chi connectivity index (χ1n) is 8.70. The Morgan fingerprint density at radius 3 is 2.38 bits per heavy atom. The van der Waals surface area contributed by atoms with Crippen LogP contribution in [0.5, 0.6) is 0 Å². The normalized spacial score (nSPS) is 31.2. The molecule has 2 aliphatic heterocycles. The second kappa shape index (κ2) is 5.98. The Labute approximate surface area is 127 Å². The van der Waals surface area contributed by atoms with Crippen molar-refractivity contribution < 1.29 is 9.59 Å². The fourth-order valence-corrected chi connectivity index (χ4v) is 4.42. The van der Waals surface area contributed by atoms with Gasteiger partial charge in [0.25, 0.3) is 0 Å². The summed E-state index contributed by atoms with van der Waals surface area (Å²) in [5, 5.41) is 0. The van der Waals surface area contributed by atoms with Crippen LogP contribution in [0.3, 0.4) is 0 Å². The average Bonchev–Trinajstić information content (AvgIpc) is 2.95. The van der Waals surface area contributed by atoms with Crippen LogP contribution in [-0.4, -0.2) is 46.8 Å². The van der Waals surface area contributed by atoms with Crippen LogP contribution in [-0.2, 0) is 9.59 Å². The van der Waals surface area contributed by atoms with Crippen LogP contribution in [0.15, 0.2) is 0 Å². The molecule has 4 nitrogen and oxygen atoms in total. The van der Waals surface area contributed by atoms with Gasteiger partial charge in [0.15, 0.2) is 0 Å². The topological polar surface area (TPSA) is 40.6 Å². The summed E-state index contributed by atoms with van der Waals surface area (Å²) in [4.78, 5) is 29.5. The third-order valence-corrected chi connectivity index (χ3v) is 5.50. The van der Waals surface area contributed by atoms with Crippen LogP contribution < -0.4 is 0 Å². The van der Waals surface area contributed by atoms with Crippen LogP contribution in [0.1, 0.15) is 58.8 Å². The molecule has 3 rings (SSSR count). The molecule has 3 fully saturated rings. The van der Waals surface area contributed by atoms with Crippen molar-refractivity contribution in [2.24, 2.45) is 11.8 Å². The van der Waals surface area contributed by atoms with E-state index in [2.05, 4.69) is 13.8 Å². The molecule has 0 aromatic heterocycles. The Morgan fingerprint density at radius 1 is 1.00 bits per heavy atom. The largest absolute Gasteiger partial charge is 0.329 e. The Morgan fingerprint density at radius 2 is 1.71 bits per heavy atom. The first-order chi connectivity index (χ1) is 10.1. The fourth-order valence-electron chi connectivity index (χ4n) is 4.42. The predicted molar refractivity (Wildman–Crippen MR) is 81.6 cm³/mol. The van der Waals surface area contributed by atoms with Gasteiger partial charge in [-0.1, -0.05) is 33.1 Å². The molecule has 1 aliphatic carbocycles.